The fourth-order valence-corrected chi connectivity index (χ4v) is 3.21. The standard InChI is InChI=1S/C10H22O3.C10H16O2/c1-4-7-10(12,5-2)13-8-6-9(3)11;1-2-9-8-11-10(12-9)6-4-3-5-7-10/h9,11-12H,4-8H2,1-3H3;2,9H,1,3-8H2/t9-,10?;/m1./s1. The lowest BCUT2D eigenvalue weighted by atomic mass is 9.94. The minimum Gasteiger partial charge on any atom is -0.393 e. The maximum Gasteiger partial charge on any atom is 0.169 e. The molecule has 1 saturated heterocycles. The van der Waals surface area contributed by atoms with E-state index < -0.39 is 5.79 Å². The molecular formula is C20H38O5. The van der Waals surface area contributed by atoms with Crippen molar-refractivity contribution in [3.05, 3.63) is 12.7 Å². The van der Waals surface area contributed by atoms with Crippen molar-refractivity contribution in [3.8, 4) is 0 Å². The third-order valence-electron chi connectivity index (χ3n) is 4.85. The van der Waals surface area contributed by atoms with Crippen molar-refractivity contribution in [2.45, 2.75) is 102 Å². The number of hydrogen-bond acceptors (Lipinski definition) is 5. The number of ether oxygens (including phenoxy) is 3. The number of aliphatic hydroxyl groups excluding tert-OH is 1. The van der Waals surface area contributed by atoms with Gasteiger partial charge in [0, 0.05) is 19.3 Å². The van der Waals surface area contributed by atoms with E-state index in [9.17, 15) is 5.11 Å². The Bertz CT molecular complexity index is 365. The Morgan fingerprint density at radius 3 is 2.48 bits per heavy atom. The van der Waals surface area contributed by atoms with E-state index in [1.807, 2.05) is 19.9 Å². The Balaban J connectivity index is 0.000000250. The van der Waals surface area contributed by atoms with Crippen molar-refractivity contribution < 1.29 is 24.4 Å². The molecule has 2 fully saturated rings. The quantitative estimate of drug-likeness (QED) is 0.508. The molecule has 2 rings (SSSR count). The van der Waals surface area contributed by atoms with Crippen molar-refractivity contribution >= 4 is 0 Å². The molecule has 0 amide bonds. The van der Waals surface area contributed by atoms with Crippen molar-refractivity contribution in [2.75, 3.05) is 13.2 Å². The second kappa shape index (κ2) is 11.3. The molecule has 148 valence electrons. The first-order valence-electron chi connectivity index (χ1n) is 9.87. The lowest BCUT2D eigenvalue weighted by molar-refractivity contribution is -0.211. The van der Waals surface area contributed by atoms with Gasteiger partial charge in [0.1, 0.15) is 6.10 Å². The van der Waals surface area contributed by atoms with Gasteiger partial charge in [-0.2, -0.15) is 0 Å². The van der Waals surface area contributed by atoms with Crippen LogP contribution in [0.25, 0.3) is 0 Å². The third-order valence-corrected chi connectivity index (χ3v) is 4.85. The first kappa shape index (κ1) is 22.6. The monoisotopic (exact) mass is 358 g/mol. The Kier molecular flexibility index (Phi) is 10.2. The summed E-state index contributed by atoms with van der Waals surface area (Å²) in [5.74, 6) is -1.21. The van der Waals surface area contributed by atoms with Crippen LogP contribution >= 0.6 is 0 Å². The summed E-state index contributed by atoms with van der Waals surface area (Å²) in [5.41, 5.74) is 0. The zero-order valence-electron chi connectivity index (χ0n) is 16.3. The molecule has 1 heterocycles. The molecule has 2 unspecified atom stereocenters. The normalized spacial score (nSPS) is 25.7. The number of aliphatic hydroxyl groups is 2. The van der Waals surface area contributed by atoms with Crippen LogP contribution in [0, 0.1) is 0 Å². The fourth-order valence-electron chi connectivity index (χ4n) is 3.21. The van der Waals surface area contributed by atoms with Gasteiger partial charge in [0.2, 0.25) is 0 Å². The maximum atomic E-state index is 9.83. The Morgan fingerprint density at radius 1 is 1.32 bits per heavy atom. The van der Waals surface area contributed by atoms with E-state index in [0.29, 0.717) is 32.5 Å². The first-order chi connectivity index (χ1) is 11.9. The zero-order chi connectivity index (χ0) is 18.8. The van der Waals surface area contributed by atoms with E-state index in [2.05, 4.69) is 6.58 Å². The van der Waals surface area contributed by atoms with Crippen LogP contribution in [0.1, 0.15) is 78.6 Å². The minimum absolute atomic E-state index is 0.128. The van der Waals surface area contributed by atoms with Gasteiger partial charge in [-0.05, 0) is 32.6 Å². The lowest BCUT2D eigenvalue weighted by Gasteiger charge is -2.31. The van der Waals surface area contributed by atoms with Gasteiger partial charge in [0.15, 0.2) is 11.6 Å². The Morgan fingerprint density at radius 2 is 2.00 bits per heavy atom. The zero-order valence-corrected chi connectivity index (χ0v) is 16.3. The molecule has 2 N–H and O–H groups in total. The van der Waals surface area contributed by atoms with Crippen LogP contribution in [0.5, 0.6) is 0 Å². The van der Waals surface area contributed by atoms with Gasteiger partial charge in [0.25, 0.3) is 0 Å². The van der Waals surface area contributed by atoms with Crippen molar-refractivity contribution in [2.24, 2.45) is 0 Å². The highest BCUT2D eigenvalue weighted by Crippen LogP contribution is 2.37. The molecule has 2 aliphatic rings. The Hall–Kier alpha value is -0.460. The van der Waals surface area contributed by atoms with Crippen LogP contribution in [-0.4, -0.2) is 47.2 Å². The molecule has 5 heteroatoms. The van der Waals surface area contributed by atoms with Crippen molar-refractivity contribution in [1.29, 1.82) is 0 Å². The van der Waals surface area contributed by atoms with E-state index in [-0.39, 0.29) is 18.0 Å². The summed E-state index contributed by atoms with van der Waals surface area (Å²) in [6.45, 7) is 10.5. The molecule has 1 spiro atoms. The molecule has 1 aliphatic carbocycles. The maximum absolute atomic E-state index is 9.83. The third kappa shape index (κ3) is 8.18. The van der Waals surface area contributed by atoms with E-state index in [1.54, 1.807) is 6.92 Å². The predicted octanol–water partition coefficient (Wildman–Crippen LogP) is 3.92. The summed E-state index contributed by atoms with van der Waals surface area (Å²) in [6, 6.07) is 0. The van der Waals surface area contributed by atoms with Gasteiger partial charge in [-0.25, -0.2) is 0 Å². The summed E-state index contributed by atoms with van der Waals surface area (Å²) < 4.78 is 16.8. The number of rotatable bonds is 8. The van der Waals surface area contributed by atoms with Crippen LogP contribution in [0.3, 0.4) is 0 Å². The second-order valence-corrected chi connectivity index (χ2v) is 7.21. The summed E-state index contributed by atoms with van der Waals surface area (Å²) >= 11 is 0. The van der Waals surface area contributed by atoms with E-state index in [0.717, 1.165) is 19.3 Å². The van der Waals surface area contributed by atoms with Gasteiger partial charge >= 0.3 is 0 Å². The SMILES string of the molecule is C=CC1COC2(CCCCC2)O1.CCCC(O)(CC)OCC[C@@H](C)O. The van der Waals surface area contributed by atoms with Gasteiger partial charge in [0.05, 0.1) is 19.3 Å². The summed E-state index contributed by atoms with van der Waals surface area (Å²) in [6.07, 6.45) is 10.3. The highest BCUT2D eigenvalue weighted by Gasteiger charge is 2.41. The highest BCUT2D eigenvalue weighted by atomic mass is 16.7. The van der Waals surface area contributed by atoms with Crippen LogP contribution in [0.15, 0.2) is 12.7 Å². The molecule has 5 nitrogen and oxygen atoms in total. The molecule has 1 aliphatic heterocycles. The lowest BCUT2D eigenvalue weighted by Crippen LogP contribution is -2.33. The van der Waals surface area contributed by atoms with Gasteiger partial charge in [-0.15, -0.1) is 6.58 Å². The topological polar surface area (TPSA) is 68.2 Å². The number of hydrogen-bond donors (Lipinski definition) is 2. The first-order valence-corrected chi connectivity index (χ1v) is 9.87. The van der Waals surface area contributed by atoms with E-state index >= 15 is 0 Å². The smallest absolute Gasteiger partial charge is 0.169 e. The van der Waals surface area contributed by atoms with Crippen LogP contribution in [0.4, 0.5) is 0 Å². The summed E-state index contributed by atoms with van der Waals surface area (Å²) in [4.78, 5) is 0. The minimum atomic E-state index is -0.982. The summed E-state index contributed by atoms with van der Waals surface area (Å²) in [5, 5.41) is 18.8. The fraction of sp³-hybridized carbons (Fsp3) is 0.900. The van der Waals surface area contributed by atoms with Crippen molar-refractivity contribution in [3.63, 3.8) is 0 Å². The van der Waals surface area contributed by atoms with Crippen molar-refractivity contribution in [1.82, 2.24) is 0 Å². The molecule has 1 saturated carbocycles. The van der Waals surface area contributed by atoms with Gasteiger partial charge in [-0.1, -0.05) is 32.8 Å². The van der Waals surface area contributed by atoms with Crippen LogP contribution in [-0.2, 0) is 14.2 Å². The second-order valence-electron chi connectivity index (χ2n) is 7.21. The molecule has 0 aromatic rings. The molecule has 25 heavy (non-hydrogen) atoms. The van der Waals surface area contributed by atoms with Crippen LogP contribution < -0.4 is 0 Å². The van der Waals surface area contributed by atoms with E-state index in [1.165, 1.54) is 19.3 Å². The molecule has 0 radical (unpaired) electrons. The molecule has 0 aromatic heterocycles. The average molecular weight is 359 g/mol. The molecule has 0 bridgehead atoms. The van der Waals surface area contributed by atoms with Gasteiger partial charge in [-0.3, -0.25) is 0 Å². The predicted molar refractivity (Wildman–Crippen MR) is 99.2 cm³/mol. The molecule has 0 aromatic carbocycles. The molecule has 3 atom stereocenters. The van der Waals surface area contributed by atoms with E-state index in [4.69, 9.17) is 19.3 Å². The largest absolute Gasteiger partial charge is 0.393 e. The van der Waals surface area contributed by atoms with Crippen LogP contribution in [0.2, 0.25) is 0 Å². The average Bonchev–Trinajstić information content (AvgIpc) is 2.98. The molecular weight excluding hydrogens is 320 g/mol. The Labute approximate surface area is 153 Å². The highest BCUT2D eigenvalue weighted by molar-refractivity contribution is 4.89. The van der Waals surface area contributed by atoms with Gasteiger partial charge < -0.3 is 24.4 Å². The summed E-state index contributed by atoms with van der Waals surface area (Å²) in [7, 11) is 0.